The molecule has 23 heavy (non-hydrogen) atoms. The Morgan fingerprint density at radius 1 is 1.30 bits per heavy atom. The van der Waals surface area contributed by atoms with Crippen molar-refractivity contribution in [1.82, 2.24) is 15.4 Å². The first-order valence-corrected chi connectivity index (χ1v) is 10.1. The van der Waals surface area contributed by atoms with Crippen LogP contribution in [0, 0.1) is 0 Å². The Bertz CT molecular complexity index is 436. The molecule has 0 radical (unpaired) electrons. The summed E-state index contributed by atoms with van der Waals surface area (Å²) >= 11 is 0. The smallest absolute Gasteiger partial charge is 0.208 e. The summed E-state index contributed by atoms with van der Waals surface area (Å²) in [6, 6.07) is 0. The van der Waals surface area contributed by atoms with Gasteiger partial charge in [0.1, 0.15) is 0 Å². The van der Waals surface area contributed by atoms with E-state index in [1.54, 1.807) is 0 Å². The number of hydrogen-bond donors (Lipinski definition) is 3. The van der Waals surface area contributed by atoms with Crippen LogP contribution in [-0.4, -0.2) is 72.7 Å². The quantitative estimate of drug-likeness (QED) is 0.268. The number of guanidine groups is 1. The summed E-state index contributed by atoms with van der Waals surface area (Å²) in [4.78, 5) is 4.47. The summed E-state index contributed by atoms with van der Waals surface area (Å²) < 4.78 is 35.3. The van der Waals surface area contributed by atoms with Crippen molar-refractivity contribution in [2.45, 2.75) is 32.3 Å². The number of aliphatic imine (C=N–C) groups is 1. The van der Waals surface area contributed by atoms with E-state index < -0.39 is 10.0 Å². The Balaban J connectivity index is 2.11. The van der Waals surface area contributed by atoms with E-state index in [0.29, 0.717) is 39.3 Å². The van der Waals surface area contributed by atoms with Crippen LogP contribution in [0.25, 0.3) is 0 Å². The van der Waals surface area contributed by atoms with E-state index in [-0.39, 0.29) is 6.10 Å². The Hall–Kier alpha value is -0.900. The summed E-state index contributed by atoms with van der Waals surface area (Å²) in [5.41, 5.74) is 0. The number of sulfonamides is 1. The highest BCUT2D eigenvalue weighted by Gasteiger charge is 2.15. The fourth-order valence-corrected chi connectivity index (χ4v) is 2.56. The van der Waals surface area contributed by atoms with Gasteiger partial charge in [-0.05, 0) is 26.2 Å². The van der Waals surface area contributed by atoms with Gasteiger partial charge in [0.15, 0.2) is 5.96 Å². The van der Waals surface area contributed by atoms with Crippen LogP contribution in [0.3, 0.4) is 0 Å². The van der Waals surface area contributed by atoms with E-state index in [9.17, 15) is 8.42 Å². The van der Waals surface area contributed by atoms with E-state index >= 15 is 0 Å². The van der Waals surface area contributed by atoms with Crippen LogP contribution in [0.5, 0.6) is 0 Å². The number of rotatable bonds is 11. The number of ether oxygens (including phenoxy) is 2. The molecule has 0 aromatic rings. The van der Waals surface area contributed by atoms with Gasteiger partial charge < -0.3 is 20.1 Å². The fourth-order valence-electron chi connectivity index (χ4n) is 2.04. The summed E-state index contributed by atoms with van der Waals surface area (Å²) in [5.74, 6) is 0.746. The van der Waals surface area contributed by atoms with Crippen molar-refractivity contribution in [3.05, 3.63) is 0 Å². The Labute approximate surface area is 139 Å². The number of nitrogens with one attached hydrogen (secondary N) is 3. The third-order valence-corrected chi connectivity index (χ3v) is 3.90. The molecule has 1 saturated heterocycles. The molecule has 0 aliphatic carbocycles. The second-order valence-electron chi connectivity index (χ2n) is 5.42. The Morgan fingerprint density at radius 2 is 2.13 bits per heavy atom. The van der Waals surface area contributed by atoms with Crippen LogP contribution in [0.2, 0.25) is 0 Å². The second-order valence-corrected chi connectivity index (χ2v) is 7.25. The molecule has 1 unspecified atom stereocenters. The molecule has 1 heterocycles. The summed E-state index contributed by atoms with van der Waals surface area (Å²) in [7, 11) is -3.11. The van der Waals surface area contributed by atoms with Crippen molar-refractivity contribution in [3.63, 3.8) is 0 Å². The molecule has 0 aromatic carbocycles. The van der Waals surface area contributed by atoms with Crippen LogP contribution >= 0.6 is 0 Å². The number of nitrogens with zero attached hydrogens (tertiary/aromatic N) is 1. The van der Waals surface area contributed by atoms with Gasteiger partial charge >= 0.3 is 0 Å². The van der Waals surface area contributed by atoms with Gasteiger partial charge in [-0.3, -0.25) is 4.99 Å². The molecule has 1 fully saturated rings. The third-order valence-electron chi connectivity index (χ3n) is 3.17. The van der Waals surface area contributed by atoms with Gasteiger partial charge in [0, 0.05) is 39.4 Å². The lowest BCUT2D eigenvalue weighted by molar-refractivity contribution is 0.0424. The monoisotopic (exact) mass is 350 g/mol. The average Bonchev–Trinajstić information content (AvgIpc) is 2.98. The molecule has 0 amide bonds. The minimum atomic E-state index is -3.11. The standard InChI is InChI=1S/C14H30N4O4S/c1-3-15-14(16-7-4-9-18-23(2,19)20)17-8-5-10-22-13-6-11-21-12-13/h13,18H,3-12H2,1-2H3,(H2,15,16,17). The maximum atomic E-state index is 10.9. The van der Waals surface area contributed by atoms with Crippen LogP contribution in [0.4, 0.5) is 0 Å². The molecule has 0 bridgehead atoms. The molecule has 0 aromatic heterocycles. The molecule has 0 saturated carbocycles. The van der Waals surface area contributed by atoms with Crippen molar-refractivity contribution in [2.75, 3.05) is 52.3 Å². The van der Waals surface area contributed by atoms with Crippen molar-refractivity contribution >= 4 is 16.0 Å². The zero-order chi connectivity index (χ0) is 17.0. The fraction of sp³-hybridized carbons (Fsp3) is 0.929. The van der Waals surface area contributed by atoms with E-state index in [0.717, 1.165) is 38.2 Å². The van der Waals surface area contributed by atoms with Gasteiger partial charge in [-0.2, -0.15) is 0 Å². The third kappa shape index (κ3) is 11.3. The van der Waals surface area contributed by atoms with Gasteiger partial charge in [-0.25, -0.2) is 13.1 Å². The maximum absolute atomic E-state index is 10.9. The molecule has 1 atom stereocenters. The molecule has 1 rings (SSSR count). The summed E-state index contributed by atoms with van der Waals surface area (Å²) in [6.45, 7) is 6.74. The molecule has 8 nitrogen and oxygen atoms in total. The van der Waals surface area contributed by atoms with Gasteiger partial charge in [0.05, 0.1) is 19.0 Å². The minimum Gasteiger partial charge on any atom is -0.379 e. The molecule has 0 spiro atoms. The zero-order valence-corrected chi connectivity index (χ0v) is 15.0. The molecular weight excluding hydrogens is 320 g/mol. The highest BCUT2D eigenvalue weighted by atomic mass is 32.2. The lowest BCUT2D eigenvalue weighted by Crippen LogP contribution is -2.38. The van der Waals surface area contributed by atoms with E-state index in [2.05, 4.69) is 20.3 Å². The first-order valence-electron chi connectivity index (χ1n) is 8.17. The van der Waals surface area contributed by atoms with Crippen LogP contribution < -0.4 is 15.4 Å². The molecule has 3 N–H and O–H groups in total. The Morgan fingerprint density at radius 3 is 2.78 bits per heavy atom. The van der Waals surface area contributed by atoms with Crippen molar-refractivity contribution in [2.24, 2.45) is 4.99 Å². The normalized spacial score (nSPS) is 19.0. The van der Waals surface area contributed by atoms with Gasteiger partial charge in [-0.1, -0.05) is 0 Å². The van der Waals surface area contributed by atoms with Crippen LogP contribution in [0.15, 0.2) is 4.99 Å². The first kappa shape index (κ1) is 20.1. The maximum Gasteiger partial charge on any atom is 0.208 e. The highest BCUT2D eigenvalue weighted by Crippen LogP contribution is 2.07. The van der Waals surface area contributed by atoms with Crippen molar-refractivity contribution < 1.29 is 17.9 Å². The number of hydrogen-bond acceptors (Lipinski definition) is 5. The van der Waals surface area contributed by atoms with Crippen LogP contribution in [0.1, 0.15) is 26.2 Å². The molecule has 1 aliphatic rings. The second kappa shape index (κ2) is 11.6. The van der Waals surface area contributed by atoms with E-state index in [4.69, 9.17) is 9.47 Å². The summed E-state index contributed by atoms with van der Waals surface area (Å²) in [5, 5.41) is 6.34. The Kier molecular flexibility index (Phi) is 10.2. The minimum absolute atomic E-state index is 0.243. The van der Waals surface area contributed by atoms with Crippen molar-refractivity contribution in [3.8, 4) is 0 Å². The molecule has 136 valence electrons. The predicted molar refractivity (Wildman–Crippen MR) is 91.2 cm³/mol. The first-order chi connectivity index (χ1) is 11.0. The zero-order valence-electron chi connectivity index (χ0n) is 14.1. The molecule has 1 aliphatic heterocycles. The SMILES string of the molecule is CCNC(=NCCCOC1CCOC1)NCCCNS(C)(=O)=O. The van der Waals surface area contributed by atoms with Crippen molar-refractivity contribution in [1.29, 1.82) is 0 Å². The molecule has 9 heteroatoms. The lowest BCUT2D eigenvalue weighted by Gasteiger charge is -2.12. The van der Waals surface area contributed by atoms with Gasteiger partial charge in [0.2, 0.25) is 10.0 Å². The predicted octanol–water partition coefficient (Wildman–Crippen LogP) is -0.324. The lowest BCUT2D eigenvalue weighted by atomic mass is 10.3. The van der Waals surface area contributed by atoms with Crippen LogP contribution in [-0.2, 0) is 19.5 Å². The van der Waals surface area contributed by atoms with Gasteiger partial charge in [-0.15, -0.1) is 0 Å². The largest absolute Gasteiger partial charge is 0.379 e. The highest BCUT2D eigenvalue weighted by molar-refractivity contribution is 7.88. The van der Waals surface area contributed by atoms with E-state index in [1.165, 1.54) is 0 Å². The average molecular weight is 350 g/mol. The van der Waals surface area contributed by atoms with Gasteiger partial charge in [0.25, 0.3) is 0 Å². The summed E-state index contributed by atoms with van der Waals surface area (Å²) in [6.07, 6.45) is 3.94. The topological polar surface area (TPSA) is 101 Å². The van der Waals surface area contributed by atoms with E-state index in [1.807, 2.05) is 6.92 Å². The molecular formula is C14H30N4O4S.